The average molecular weight is 291 g/mol. The highest BCUT2D eigenvalue weighted by molar-refractivity contribution is 6.31. The van der Waals surface area contributed by atoms with Crippen molar-refractivity contribution in [1.29, 1.82) is 0 Å². The van der Waals surface area contributed by atoms with Gasteiger partial charge in [-0.25, -0.2) is 0 Å². The van der Waals surface area contributed by atoms with Crippen molar-refractivity contribution in [3.8, 4) is 0 Å². The Kier molecular flexibility index (Phi) is 5.56. The molecular formula is C16H19ClN2O. The molecule has 0 saturated heterocycles. The van der Waals surface area contributed by atoms with Crippen LogP contribution in [0.25, 0.3) is 0 Å². The molecule has 2 aromatic carbocycles. The molecule has 0 saturated carbocycles. The molecular weight excluding hydrogens is 272 g/mol. The number of nitrogens with one attached hydrogen (secondary N) is 1. The molecule has 2 aromatic rings. The molecule has 0 aromatic heterocycles. The van der Waals surface area contributed by atoms with Crippen LogP contribution >= 0.6 is 11.6 Å². The summed E-state index contributed by atoms with van der Waals surface area (Å²) in [5.41, 5.74) is 4.98. The molecule has 0 aliphatic carbocycles. The molecule has 0 aliphatic heterocycles. The fourth-order valence-electron chi connectivity index (χ4n) is 2.33. The minimum atomic E-state index is -0.127. The zero-order valence-corrected chi connectivity index (χ0v) is 12.2. The summed E-state index contributed by atoms with van der Waals surface area (Å²) in [6.07, 6.45) is 0.571. The van der Waals surface area contributed by atoms with Crippen molar-refractivity contribution in [3.05, 3.63) is 70.7 Å². The lowest BCUT2D eigenvalue weighted by Gasteiger charge is -2.26. The SMILES string of the molecule is COC(c1ccccc1)C(Cc1ccccc1Cl)NN. The van der Waals surface area contributed by atoms with Crippen molar-refractivity contribution in [1.82, 2.24) is 5.43 Å². The van der Waals surface area contributed by atoms with Gasteiger partial charge in [-0.05, 0) is 23.6 Å². The molecule has 0 heterocycles. The first-order chi connectivity index (χ1) is 9.76. The van der Waals surface area contributed by atoms with Gasteiger partial charge in [-0.2, -0.15) is 0 Å². The van der Waals surface area contributed by atoms with Crippen molar-refractivity contribution >= 4 is 11.6 Å². The van der Waals surface area contributed by atoms with Crippen molar-refractivity contribution in [2.75, 3.05) is 7.11 Å². The molecule has 2 unspecified atom stereocenters. The zero-order chi connectivity index (χ0) is 14.4. The lowest BCUT2D eigenvalue weighted by molar-refractivity contribution is 0.0679. The third kappa shape index (κ3) is 3.58. The van der Waals surface area contributed by atoms with E-state index in [0.717, 1.165) is 16.1 Å². The minimum absolute atomic E-state index is 0.0534. The molecule has 0 amide bonds. The largest absolute Gasteiger partial charge is 0.375 e. The third-order valence-electron chi connectivity index (χ3n) is 3.36. The first-order valence-corrected chi connectivity index (χ1v) is 6.91. The van der Waals surface area contributed by atoms with Crippen molar-refractivity contribution < 1.29 is 4.74 Å². The summed E-state index contributed by atoms with van der Waals surface area (Å²) < 4.78 is 5.62. The van der Waals surface area contributed by atoms with E-state index in [1.54, 1.807) is 7.11 Å². The molecule has 0 radical (unpaired) electrons. The number of nitrogens with two attached hydrogens (primary N) is 1. The van der Waals surface area contributed by atoms with Gasteiger partial charge < -0.3 is 4.74 Å². The van der Waals surface area contributed by atoms with Crippen LogP contribution in [0.5, 0.6) is 0 Å². The van der Waals surface area contributed by atoms with Crippen LogP contribution in [0.4, 0.5) is 0 Å². The van der Waals surface area contributed by atoms with Gasteiger partial charge in [0.05, 0.1) is 12.1 Å². The van der Waals surface area contributed by atoms with Gasteiger partial charge in [-0.3, -0.25) is 11.3 Å². The van der Waals surface area contributed by atoms with E-state index in [4.69, 9.17) is 22.2 Å². The molecule has 0 spiro atoms. The Hall–Kier alpha value is -1.39. The van der Waals surface area contributed by atoms with Crippen LogP contribution in [-0.4, -0.2) is 13.2 Å². The smallest absolute Gasteiger partial charge is 0.0990 e. The first-order valence-electron chi connectivity index (χ1n) is 6.53. The molecule has 0 aliphatic rings. The van der Waals surface area contributed by atoms with Crippen molar-refractivity contribution in [2.45, 2.75) is 18.6 Å². The molecule has 2 rings (SSSR count). The Balaban J connectivity index is 2.20. The number of methoxy groups -OCH3 is 1. The van der Waals surface area contributed by atoms with Gasteiger partial charge >= 0.3 is 0 Å². The molecule has 106 valence electrons. The standard InChI is InChI=1S/C16H19ClN2O/c1-20-16(12-7-3-2-4-8-12)15(19-18)11-13-9-5-6-10-14(13)17/h2-10,15-16,19H,11,18H2,1H3. The number of ether oxygens (including phenoxy) is 1. The monoisotopic (exact) mass is 290 g/mol. The third-order valence-corrected chi connectivity index (χ3v) is 3.73. The second kappa shape index (κ2) is 7.41. The fourth-order valence-corrected chi connectivity index (χ4v) is 2.54. The number of hydrazine groups is 1. The second-order valence-electron chi connectivity index (χ2n) is 4.64. The number of hydrogen-bond donors (Lipinski definition) is 2. The first kappa shape index (κ1) is 15.0. The summed E-state index contributed by atoms with van der Waals surface area (Å²) in [5, 5.41) is 0.746. The molecule has 3 N–H and O–H groups in total. The highest BCUT2D eigenvalue weighted by Gasteiger charge is 2.22. The van der Waals surface area contributed by atoms with Gasteiger partial charge in [0.1, 0.15) is 0 Å². The molecule has 3 nitrogen and oxygen atoms in total. The lowest BCUT2D eigenvalue weighted by Crippen LogP contribution is -2.42. The number of hydrogen-bond acceptors (Lipinski definition) is 3. The Morgan fingerprint density at radius 1 is 1.10 bits per heavy atom. The van der Waals surface area contributed by atoms with Crippen LogP contribution in [0.15, 0.2) is 54.6 Å². The van der Waals surface area contributed by atoms with Crippen molar-refractivity contribution in [2.24, 2.45) is 5.84 Å². The predicted molar refractivity (Wildman–Crippen MR) is 82.5 cm³/mol. The minimum Gasteiger partial charge on any atom is -0.375 e. The van der Waals surface area contributed by atoms with E-state index >= 15 is 0 Å². The van der Waals surface area contributed by atoms with E-state index < -0.39 is 0 Å². The lowest BCUT2D eigenvalue weighted by atomic mass is 9.96. The Morgan fingerprint density at radius 3 is 2.35 bits per heavy atom. The van der Waals surface area contributed by atoms with Gasteiger partial charge in [0, 0.05) is 12.1 Å². The maximum absolute atomic E-state index is 6.21. The summed E-state index contributed by atoms with van der Waals surface area (Å²) in [5.74, 6) is 5.71. The summed E-state index contributed by atoms with van der Waals surface area (Å²) in [6, 6.07) is 17.8. The summed E-state index contributed by atoms with van der Waals surface area (Å²) in [7, 11) is 1.69. The van der Waals surface area contributed by atoms with Crippen LogP contribution in [0.1, 0.15) is 17.2 Å². The maximum atomic E-state index is 6.21. The van der Waals surface area contributed by atoms with E-state index in [1.807, 2.05) is 54.6 Å². The second-order valence-corrected chi connectivity index (χ2v) is 5.04. The van der Waals surface area contributed by atoms with E-state index in [1.165, 1.54) is 0 Å². The van der Waals surface area contributed by atoms with E-state index in [-0.39, 0.29) is 12.1 Å². The molecule has 4 heteroatoms. The maximum Gasteiger partial charge on any atom is 0.0990 e. The quantitative estimate of drug-likeness (QED) is 0.635. The Labute approximate surface area is 124 Å². The topological polar surface area (TPSA) is 47.3 Å². The van der Waals surface area contributed by atoms with E-state index in [0.29, 0.717) is 6.42 Å². The van der Waals surface area contributed by atoms with Crippen LogP contribution in [0.2, 0.25) is 5.02 Å². The van der Waals surface area contributed by atoms with Crippen LogP contribution in [0.3, 0.4) is 0 Å². The molecule has 20 heavy (non-hydrogen) atoms. The Morgan fingerprint density at radius 2 is 1.75 bits per heavy atom. The average Bonchev–Trinajstić information content (AvgIpc) is 2.50. The fraction of sp³-hybridized carbons (Fsp3) is 0.250. The van der Waals surface area contributed by atoms with Crippen molar-refractivity contribution in [3.63, 3.8) is 0 Å². The number of benzene rings is 2. The van der Waals surface area contributed by atoms with Gasteiger partial charge in [0.2, 0.25) is 0 Å². The van der Waals surface area contributed by atoms with Gasteiger partial charge in [0.25, 0.3) is 0 Å². The van der Waals surface area contributed by atoms with Gasteiger partial charge in [-0.1, -0.05) is 60.1 Å². The van der Waals surface area contributed by atoms with Crippen LogP contribution < -0.4 is 11.3 Å². The Bertz CT molecular complexity index is 533. The van der Waals surface area contributed by atoms with Crippen LogP contribution in [0, 0.1) is 0 Å². The molecule has 0 bridgehead atoms. The highest BCUT2D eigenvalue weighted by Crippen LogP contribution is 2.25. The highest BCUT2D eigenvalue weighted by atomic mass is 35.5. The van der Waals surface area contributed by atoms with E-state index in [9.17, 15) is 0 Å². The van der Waals surface area contributed by atoms with E-state index in [2.05, 4.69) is 5.43 Å². The number of rotatable bonds is 6. The summed E-state index contributed by atoms with van der Waals surface area (Å²) in [6.45, 7) is 0. The molecule has 0 fully saturated rings. The summed E-state index contributed by atoms with van der Waals surface area (Å²) >= 11 is 6.21. The van der Waals surface area contributed by atoms with Gasteiger partial charge in [0.15, 0.2) is 0 Å². The normalized spacial score (nSPS) is 13.9. The summed E-state index contributed by atoms with van der Waals surface area (Å²) in [4.78, 5) is 0. The van der Waals surface area contributed by atoms with Gasteiger partial charge in [-0.15, -0.1) is 0 Å². The molecule has 2 atom stereocenters. The zero-order valence-electron chi connectivity index (χ0n) is 11.4. The van der Waals surface area contributed by atoms with Crippen LogP contribution in [-0.2, 0) is 11.2 Å². The predicted octanol–water partition coefficient (Wildman–Crippen LogP) is 3.10. The number of halogens is 1.